The Morgan fingerprint density at radius 1 is 0.900 bits per heavy atom. The summed E-state index contributed by atoms with van der Waals surface area (Å²) in [6.45, 7) is 1.02. The number of halogens is 2. The number of piperazine rings is 1. The van der Waals surface area contributed by atoms with Crippen molar-refractivity contribution in [3.63, 3.8) is 0 Å². The first kappa shape index (κ1) is 20.1. The lowest BCUT2D eigenvalue weighted by molar-refractivity contribution is 0.381. The molecule has 156 valence electrons. The first-order chi connectivity index (χ1) is 14.4. The average molecular weight is 432 g/mol. The van der Waals surface area contributed by atoms with E-state index >= 15 is 0 Å². The van der Waals surface area contributed by atoms with Gasteiger partial charge in [0.2, 0.25) is 10.0 Å². The lowest BCUT2D eigenvalue weighted by Gasteiger charge is -2.34. The van der Waals surface area contributed by atoms with Gasteiger partial charge in [-0.3, -0.25) is 0 Å². The standard InChI is InChI=1S/C19H18F2N6O2S/c20-14-4-5-16(15(21)11-14)30(28,29)27-9-7-26(8-10-27)19-12-18(23-13-24-19)25-17-3-1-2-6-22-17/h1-6,11-13H,7-10H2,(H,22,23,24,25). The van der Waals surface area contributed by atoms with E-state index in [2.05, 4.69) is 20.3 Å². The molecule has 4 rings (SSSR count). The van der Waals surface area contributed by atoms with E-state index < -0.39 is 26.6 Å². The summed E-state index contributed by atoms with van der Waals surface area (Å²) >= 11 is 0. The van der Waals surface area contributed by atoms with E-state index in [-0.39, 0.29) is 13.1 Å². The van der Waals surface area contributed by atoms with Gasteiger partial charge in [0, 0.05) is 44.5 Å². The van der Waals surface area contributed by atoms with E-state index in [0.717, 1.165) is 12.1 Å². The van der Waals surface area contributed by atoms with Crippen molar-refractivity contribution in [2.24, 2.45) is 0 Å². The number of aromatic nitrogens is 3. The highest BCUT2D eigenvalue weighted by atomic mass is 32.2. The predicted octanol–water partition coefficient (Wildman–Crippen LogP) is 2.40. The number of benzene rings is 1. The van der Waals surface area contributed by atoms with Crippen molar-refractivity contribution in [3.05, 3.63) is 66.6 Å². The van der Waals surface area contributed by atoms with Gasteiger partial charge in [-0.2, -0.15) is 4.31 Å². The van der Waals surface area contributed by atoms with Crippen LogP contribution in [0.1, 0.15) is 0 Å². The number of anilines is 3. The molecule has 8 nitrogen and oxygen atoms in total. The highest BCUT2D eigenvalue weighted by Gasteiger charge is 2.31. The normalized spacial score (nSPS) is 15.2. The zero-order chi connectivity index (χ0) is 21.1. The third kappa shape index (κ3) is 4.21. The van der Waals surface area contributed by atoms with E-state index in [4.69, 9.17) is 0 Å². The van der Waals surface area contributed by atoms with E-state index in [1.807, 2.05) is 17.0 Å². The number of pyridine rings is 1. The van der Waals surface area contributed by atoms with Crippen LogP contribution in [0.15, 0.2) is 59.9 Å². The second kappa shape index (κ2) is 8.28. The molecule has 1 saturated heterocycles. The summed E-state index contributed by atoms with van der Waals surface area (Å²) in [7, 11) is -4.05. The molecule has 1 N–H and O–H groups in total. The van der Waals surface area contributed by atoms with Crippen molar-refractivity contribution >= 4 is 27.5 Å². The number of hydrogen-bond donors (Lipinski definition) is 1. The summed E-state index contributed by atoms with van der Waals surface area (Å²) in [5, 5.41) is 3.08. The van der Waals surface area contributed by atoms with Crippen LogP contribution < -0.4 is 10.2 Å². The molecule has 0 aliphatic carbocycles. The molecule has 1 fully saturated rings. The van der Waals surface area contributed by atoms with Crippen molar-refractivity contribution in [1.29, 1.82) is 0 Å². The van der Waals surface area contributed by atoms with Crippen LogP contribution in [0.2, 0.25) is 0 Å². The van der Waals surface area contributed by atoms with Crippen LogP contribution in [0.4, 0.5) is 26.2 Å². The minimum atomic E-state index is -4.05. The van der Waals surface area contributed by atoms with Crippen LogP contribution >= 0.6 is 0 Å². The molecule has 0 saturated carbocycles. The second-order valence-electron chi connectivity index (χ2n) is 6.57. The summed E-state index contributed by atoms with van der Waals surface area (Å²) in [6, 6.07) is 9.66. The third-order valence-electron chi connectivity index (χ3n) is 4.65. The van der Waals surface area contributed by atoms with Crippen molar-refractivity contribution in [2.75, 3.05) is 36.4 Å². The maximum Gasteiger partial charge on any atom is 0.246 e. The second-order valence-corrected chi connectivity index (χ2v) is 8.47. The third-order valence-corrected chi connectivity index (χ3v) is 6.58. The van der Waals surface area contributed by atoms with E-state index in [1.54, 1.807) is 18.3 Å². The maximum absolute atomic E-state index is 14.0. The van der Waals surface area contributed by atoms with Gasteiger partial charge in [-0.15, -0.1) is 0 Å². The molecule has 3 aromatic rings. The minimum absolute atomic E-state index is 0.145. The van der Waals surface area contributed by atoms with Gasteiger partial charge in [0.1, 0.15) is 40.3 Å². The van der Waals surface area contributed by atoms with Crippen LogP contribution in [0.3, 0.4) is 0 Å². The largest absolute Gasteiger partial charge is 0.354 e. The molecule has 1 aliphatic heterocycles. The molecule has 30 heavy (non-hydrogen) atoms. The smallest absolute Gasteiger partial charge is 0.246 e. The first-order valence-corrected chi connectivity index (χ1v) is 10.6. The number of hydrogen-bond acceptors (Lipinski definition) is 7. The summed E-state index contributed by atoms with van der Waals surface area (Å²) in [6.07, 6.45) is 3.08. The van der Waals surface area contributed by atoms with E-state index in [9.17, 15) is 17.2 Å². The van der Waals surface area contributed by atoms with Crippen LogP contribution in [-0.4, -0.2) is 53.9 Å². The molecule has 0 bridgehead atoms. The molecule has 1 aliphatic rings. The summed E-state index contributed by atoms with van der Waals surface area (Å²) in [5.74, 6) is -0.0939. The monoisotopic (exact) mass is 432 g/mol. The van der Waals surface area contributed by atoms with Gasteiger partial charge in [-0.25, -0.2) is 32.2 Å². The van der Waals surface area contributed by atoms with Crippen LogP contribution in [0, 0.1) is 11.6 Å². The molecular formula is C19H18F2N6O2S. The predicted molar refractivity (Wildman–Crippen MR) is 107 cm³/mol. The first-order valence-electron chi connectivity index (χ1n) is 9.14. The van der Waals surface area contributed by atoms with Crippen LogP contribution in [0.25, 0.3) is 0 Å². The fraction of sp³-hybridized carbons (Fsp3) is 0.211. The molecule has 0 spiro atoms. The zero-order valence-corrected chi connectivity index (χ0v) is 16.6. The van der Waals surface area contributed by atoms with Crippen molar-refractivity contribution in [2.45, 2.75) is 4.90 Å². The Morgan fingerprint density at radius 2 is 1.70 bits per heavy atom. The van der Waals surface area contributed by atoms with Gasteiger partial charge in [0.05, 0.1) is 0 Å². The van der Waals surface area contributed by atoms with Crippen LogP contribution in [-0.2, 0) is 10.0 Å². The molecule has 0 unspecified atom stereocenters. The quantitative estimate of drug-likeness (QED) is 0.662. The van der Waals surface area contributed by atoms with E-state index in [0.29, 0.717) is 36.6 Å². The summed E-state index contributed by atoms with van der Waals surface area (Å²) in [4.78, 5) is 14.0. The Kier molecular flexibility index (Phi) is 5.55. The number of nitrogens with zero attached hydrogens (tertiary/aromatic N) is 5. The number of nitrogens with one attached hydrogen (secondary N) is 1. The SMILES string of the molecule is O=S(=O)(c1ccc(F)cc1F)N1CCN(c2cc(Nc3ccccn3)ncn2)CC1. The topological polar surface area (TPSA) is 91.3 Å². The van der Waals surface area contributed by atoms with Gasteiger partial charge in [0.25, 0.3) is 0 Å². The van der Waals surface area contributed by atoms with Gasteiger partial charge < -0.3 is 10.2 Å². The Morgan fingerprint density at radius 3 is 2.40 bits per heavy atom. The Balaban J connectivity index is 1.45. The van der Waals surface area contributed by atoms with E-state index in [1.165, 1.54) is 10.6 Å². The molecular weight excluding hydrogens is 414 g/mol. The number of sulfonamides is 1. The molecule has 11 heteroatoms. The Hall–Kier alpha value is -3.18. The minimum Gasteiger partial charge on any atom is -0.354 e. The fourth-order valence-electron chi connectivity index (χ4n) is 3.14. The van der Waals surface area contributed by atoms with Gasteiger partial charge >= 0.3 is 0 Å². The van der Waals surface area contributed by atoms with Gasteiger partial charge in [-0.05, 0) is 24.3 Å². The van der Waals surface area contributed by atoms with Gasteiger partial charge in [0.15, 0.2) is 0 Å². The molecule has 2 aromatic heterocycles. The summed E-state index contributed by atoms with van der Waals surface area (Å²) < 4.78 is 53.7. The molecule has 1 aromatic carbocycles. The Labute approximate surface area is 172 Å². The van der Waals surface area contributed by atoms with Crippen molar-refractivity contribution in [1.82, 2.24) is 19.3 Å². The van der Waals surface area contributed by atoms with Crippen molar-refractivity contribution < 1.29 is 17.2 Å². The molecule has 0 amide bonds. The fourth-order valence-corrected chi connectivity index (χ4v) is 4.60. The average Bonchev–Trinajstić information content (AvgIpc) is 2.74. The van der Waals surface area contributed by atoms with Gasteiger partial charge in [-0.1, -0.05) is 6.07 Å². The maximum atomic E-state index is 14.0. The lowest BCUT2D eigenvalue weighted by atomic mass is 10.3. The number of rotatable bonds is 5. The molecule has 0 radical (unpaired) electrons. The highest BCUT2D eigenvalue weighted by Crippen LogP contribution is 2.23. The molecule has 3 heterocycles. The lowest BCUT2D eigenvalue weighted by Crippen LogP contribution is -2.49. The van der Waals surface area contributed by atoms with Crippen molar-refractivity contribution in [3.8, 4) is 0 Å². The highest BCUT2D eigenvalue weighted by molar-refractivity contribution is 7.89. The Bertz CT molecular complexity index is 1140. The summed E-state index contributed by atoms with van der Waals surface area (Å²) in [5.41, 5.74) is 0. The zero-order valence-electron chi connectivity index (χ0n) is 15.7. The van der Waals surface area contributed by atoms with Crippen LogP contribution in [0.5, 0.6) is 0 Å². The molecule has 0 atom stereocenters.